The molecule has 120 valence electrons. The van der Waals surface area contributed by atoms with Gasteiger partial charge < -0.3 is 5.32 Å². The molecule has 0 aliphatic rings. The molecule has 2 rings (SSSR count). The van der Waals surface area contributed by atoms with Crippen molar-refractivity contribution in [3.05, 3.63) is 71.0 Å². The van der Waals surface area contributed by atoms with Gasteiger partial charge in [-0.05, 0) is 54.2 Å². The highest BCUT2D eigenvalue weighted by Crippen LogP contribution is 2.16. The number of hydrogen-bond donors (Lipinski definition) is 1. The Morgan fingerprint density at radius 2 is 1.87 bits per heavy atom. The number of rotatable bonds is 5. The van der Waals surface area contributed by atoms with Crippen LogP contribution in [-0.2, 0) is 11.2 Å². The van der Waals surface area contributed by atoms with E-state index < -0.39 is 0 Å². The summed E-state index contributed by atoms with van der Waals surface area (Å²) in [7, 11) is 0. The van der Waals surface area contributed by atoms with Gasteiger partial charge in [-0.3, -0.25) is 4.79 Å². The van der Waals surface area contributed by atoms with Crippen LogP contribution in [0, 0.1) is 18.7 Å². The molecular weight excluding hydrogens is 289 g/mol. The van der Waals surface area contributed by atoms with Crippen LogP contribution in [-0.4, -0.2) is 5.91 Å². The Bertz CT molecular complexity index is 702. The van der Waals surface area contributed by atoms with Crippen molar-refractivity contribution in [1.29, 1.82) is 0 Å². The van der Waals surface area contributed by atoms with Crippen LogP contribution in [0.1, 0.15) is 30.5 Å². The molecular formula is C20H22FNO. The highest BCUT2D eigenvalue weighted by molar-refractivity contribution is 6.02. The smallest absolute Gasteiger partial charge is 0.248 e. The molecule has 0 saturated heterocycles. The summed E-state index contributed by atoms with van der Waals surface area (Å²) < 4.78 is 13.2. The summed E-state index contributed by atoms with van der Waals surface area (Å²) in [4.78, 5) is 11.9. The highest BCUT2D eigenvalue weighted by Gasteiger charge is 2.03. The quantitative estimate of drug-likeness (QED) is 0.775. The average molecular weight is 311 g/mol. The van der Waals surface area contributed by atoms with Gasteiger partial charge in [0.25, 0.3) is 0 Å². The van der Waals surface area contributed by atoms with Crippen molar-refractivity contribution in [3.8, 4) is 0 Å². The van der Waals surface area contributed by atoms with Crippen LogP contribution in [0.15, 0.2) is 48.5 Å². The Morgan fingerprint density at radius 3 is 2.52 bits per heavy atom. The predicted octanol–water partition coefficient (Wildman–Crippen LogP) is 4.98. The van der Waals surface area contributed by atoms with E-state index in [-0.39, 0.29) is 11.7 Å². The number of benzene rings is 2. The van der Waals surface area contributed by atoms with Crippen LogP contribution in [0.25, 0.3) is 6.08 Å². The second-order valence-electron chi connectivity index (χ2n) is 6.12. The van der Waals surface area contributed by atoms with Gasteiger partial charge in [-0.2, -0.15) is 0 Å². The number of hydrogen-bond acceptors (Lipinski definition) is 1. The van der Waals surface area contributed by atoms with E-state index in [0.29, 0.717) is 11.6 Å². The lowest BCUT2D eigenvalue weighted by Crippen LogP contribution is -2.09. The zero-order chi connectivity index (χ0) is 16.8. The van der Waals surface area contributed by atoms with Crippen molar-refractivity contribution in [2.24, 2.45) is 5.92 Å². The van der Waals surface area contributed by atoms with E-state index in [1.54, 1.807) is 12.1 Å². The Balaban J connectivity index is 1.99. The second kappa shape index (κ2) is 7.73. The van der Waals surface area contributed by atoms with Crippen LogP contribution in [0.2, 0.25) is 0 Å². The number of amides is 1. The molecule has 0 spiro atoms. The first-order valence-corrected chi connectivity index (χ1v) is 7.78. The molecule has 0 fully saturated rings. The molecule has 2 aromatic carbocycles. The Labute approximate surface area is 137 Å². The van der Waals surface area contributed by atoms with Crippen molar-refractivity contribution in [2.75, 3.05) is 5.32 Å². The van der Waals surface area contributed by atoms with Crippen molar-refractivity contribution < 1.29 is 9.18 Å². The number of carbonyl (C=O) groups is 1. The maximum absolute atomic E-state index is 13.2. The summed E-state index contributed by atoms with van der Waals surface area (Å²) in [6, 6.07) is 12.5. The maximum Gasteiger partial charge on any atom is 0.248 e. The summed E-state index contributed by atoms with van der Waals surface area (Å²) >= 11 is 0. The molecule has 0 unspecified atom stereocenters. The molecule has 0 atom stereocenters. The molecule has 2 aromatic rings. The van der Waals surface area contributed by atoms with Crippen LogP contribution >= 0.6 is 0 Å². The molecule has 0 aliphatic heterocycles. The largest absolute Gasteiger partial charge is 0.322 e. The fourth-order valence-electron chi connectivity index (χ4n) is 2.31. The van der Waals surface area contributed by atoms with Gasteiger partial charge >= 0.3 is 0 Å². The molecule has 0 aliphatic carbocycles. The van der Waals surface area contributed by atoms with Crippen molar-refractivity contribution in [2.45, 2.75) is 27.2 Å². The number of aryl methyl sites for hydroxylation is 1. The van der Waals surface area contributed by atoms with E-state index in [1.165, 1.54) is 23.8 Å². The van der Waals surface area contributed by atoms with Gasteiger partial charge in [0.15, 0.2) is 0 Å². The van der Waals surface area contributed by atoms with Crippen molar-refractivity contribution in [1.82, 2.24) is 0 Å². The number of nitrogens with one attached hydrogen (secondary N) is 1. The van der Waals surface area contributed by atoms with Crippen LogP contribution in [0.5, 0.6) is 0 Å². The minimum absolute atomic E-state index is 0.273. The summed E-state index contributed by atoms with van der Waals surface area (Å²) in [6.07, 6.45) is 4.26. The molecule has 0 aromatic heterocycles. The first kappa shape index (κ1) is 16.9. The number of carbonyl (C=O) groups excluding carboxylic acids is 1. The third-order valence-electron chi connectivity index (χ3n) is 3.51. The summed E-state index contributed by atoms with van der Waals surface area (Å²) in [5, 5.41) is 2.69. The van der Waals surface area contributed by atoms with Gasteiger partial charge in [-0.15, -0.1) is 0 Å². The molecule has 2 nitrogen and oxygen atoms in total. The Kier molecular flexibility index (Phi) is 5.69. The molecule has 0 heterocycles. The molecule has 3 heteroatoms. The van der Waals surface area contributed by atoms with E-state index in [4.69, 9.17) is 0 Å². The normalized spacial score (nSPS) is 11.2. The van der Waals surface area contributed by atoms with Gasteiger partial charge in [0.2, 0.25) is 5.91 Å². The number of halogens is 1. The summed E-state index contributed by atoms with van der Waals surface area (Å²) in [6.45, 7) is 6.20. The Hall–Kier alpha value is -2.42. The minimum atomic E-state index is -0.365. The molecule has 0 bridgehead atoms. The summed E-state index contributed by atoms with van der Waals surface area (Å²) in [5.74, 6) is -0.0164. The van der Waals surface area contributed by atoms with Crippen molar-refractivity contribution in [3.63, 3.8) is 0 Å². The Morgan fingerprint density at radius 1 is 1.17 bits per heavy atom. The standard InChI is InChI=1S/C20H22FNO/c1-14(2)12-17-7-5-16(6-8-17)9-11-20(23)22-19-13-18(21)10-4-15(19)3/h4-11,13-14H,12H2,1-3H3,(H,22,23)/b11-9+. The van der Waals surface area contributed by atoms with Crippen molar-refractivity contribution >= 4 is 17.7 Å². The van der Waals surface area contributed by atoms with E-state index in [2.05, 4.69) is 31.3 Å². The second-order valence-corrected chi connectivity index (χ2v) is 6.12. The van der Waals surface area contributed by atoms with Gasteiger partial charge in [-0.25, -0.2) is 4.39 Å². The zero-order valence-electron chi connectivity index (χ0n) is 13.8. The minimum Gasteiger partial charge on any atom is -0.322 e. The zero-order valence-corrected chi connectivity index (χ0v) is 13.8. The molecule has 1 N–H and O–H groups in total. The third kappa shape index (κ3) is 5.37. The molecule has 23 heavy (non-hydrogen) atoms. The predicted molar refractivity (Wildman–Crippen MR) is 93.8 cm³/mol. The lowest BCUT2D eigenvalue weighted by molar-refractivity contribution is -0.111. The van der Waals surface area contributed by atoms with Crippen LogP contribution in [0.3, 0.4) is 0 Å². The first-order valence-electron chi connectivity index (χ1n) is 7.78. The SMILES string of the molecule is Cc1ccc(F)cc1NC(=O)/C=C/c1ccc(CC(C)C)cc1. The van der Waals surface area contributed by atoms with Crippen LogP contribution < -0.4 is 5.32 Å². The monoisotopic (exact) mass is 311 g/mol. The first-order chi connectivity index (χ1) is 10.9. The lowest BCUT2D eigenvalue weighted by atomic mass is 10.0. The van der Waals surface area contributed by atoms with Gasteiger partial charge in [0.1, 0.15) is 5.82 Å². The fraction of sp³-hybridized carbons (Fsp3) is 0.250. The van der Waals surface area contributed by atoms with Crippen LogP contribution in [0.4, 0.5) is 10.1 Å². The van der Waals surface area contributed by atoms with Gasteiger partial charge in [0, 0.05) is 11.8 Å². The van der Waals surface area contributed by atoms with E-state index in [0.717, 1.165) is 17.5 Å². The molecule has 1 amide bonds. The highest BCUT2D eigenvalue weighted by atomic mass is 19.1. The van der Waals surface area contributed by atoms with E-state index >= 15 is 0 Å². The van der Waals surface area contributed by atoms with E-state index in [9.17, 15) is 9.18 Å². The van der Waals surface area contributed by atoms with E-state index in [1.807, 2.05) is 19.1 Å². The lowest BCUT2D eigenvalue weighted by Gasteiger charge is -2.06. The van der Waals surface area contributed by atoms with Gasteiger partial charge in [0.05, 0.1) is 0 Å². The topological polar surface area (TPSA) is 29.1 Å². The maximum atomic E-state index is 13.2. The number of anilines is 1. The van der Waals surface area contributed by atoms with Gasteiger partial charge in [-0.1, -0.05) is 44.2 Å². The molecule has 0 saturated carbocycles. The fourth-order valence-corrected chi connectivity index (χ4v) is 2.31. The average Bonchev–Trinajstić information content (AvgIpc) is 2.50. The third-order valence-corrected chi connectivity index (χ3v) is 3.51. The summed E-state index contributed by atoms with van der Waals surface area (Å²) in [5.41, 5.74) is 3.57. The molecule has 0 radical (unpaired) electrons.